The lowest BCUT2D eigenvalue weighted by atomic mass is 9.73. The molecule has 1 saturated carbocycles. The number of rotatable bonds is 2. The van der Waals surface area contributed by atoms with Crippen molar-refractivity contribution in [2.24, 2.45) is 11.8 Å². The number of furan rings is 1. The summed E-state index contributed by atoms with van der Waals surface area (Å²) in [5, 5.41) is 10.6. The van der Waals surface area contributed by atoms with Crippen molar-refractivity contribution in [1.82, 2.24) is 0 Å². The Kier molecular flexibility index (Phi) is 2.87. The van der Waals surface area contributed by atoms with Crippen molar-refractivity contribution in [3.63, 3.8) is 0 Å². The van der Waals surface area contributed by atoms with E-state index in [1.165, 1.54) is 6.42 Å². The fourth-order valence-electron chi connectivity index (χ4n) is 2.63. The van der Waals surface area contributed by atoms with Crippen molar-refractivity contribution >= 4 is 0 Å². The van der Waals surface area contributed by atoms with Crippen LogP contribution in [0.4, 0.5) is 0 Å². The summed E-state index contributed by atoms with van der Waals surface area (Å²) in [6, 6.07) is 3.75. The molecule has 0 amide bonds. The first-order chi connectivity index (χ1) is 7.12. The summed E-state index contributed by atoms with van der Waals surface area (Å²) in [6.07, 6.45) is 5.66. The highest BCUT2D eigenvalue weighted by Gasteiger charge is 2.38. The van der Waals surface area contributed by atoms with Gasteiger partial charge in [0.1, 0.15) is 11.4 Å². The van der Waals surface area contributed by atoms with Gasteiger partial charge in [0.2, 0.25) is 0 Å². The molecule has 0 radical (unpaired) electrons. The maximum Gasteiger partial charge on any atom is 0.135 e. The maximum atomic E-state index is 10.6. The van der Waals surface area contributed by atoms with Gasteiger partial charge in [-0.3, -0.25) is 0 Å². The summed E-state index contributed by atoms with van der Waals surface area (Å²) in [6.45, 7) is 4.47. The molecule has 84 valence electrons. The van der Waals surface area contributed by atoms with Crippen LogP contribution < -0.4 is 0 Å². The van der Waals surface area contributed by atoms with E-state index in [2.05, 4.69) is 13.8 Å². The van der Waals surface area contributed by atoms with E-state index in [1.54, 1.807) is 6.26 Å². The van der Waals surface area contributed by atoms with Crippen molar-refractivity contribution in [1.29, 1.82) is 0 Å². The molecule has 2 atom stereocenters. The Balaban J connectivity index is 2.15. The Morgan fingerprint density at radius 3 is 2.93 bits per heavy atom. The summed E-state index contributed by atoms with van der Waals surface area (Å²) in [5.41, 5.74) is -0.712. The second-order valence-corrected chi connectivity index (χ2v) is 5.11. The summed E-state index contributed by atoms with van der Waals surface area (Å²) in [5.74, 6) is 2.01. The maximum absolute atomic E-state index is 10.6. The Hall–Kier alpha value is -0.760. The molecule has 1 heterocycles. The van der Waals surface area contributed by atoms with Gasteiger partial charge in [0, 0.05) is 0 Å². The van der Waals surface area contributed by atoms with Crippen LogP contribution in [-0.2, 0) is 5.60 Å². The quantitative estimate of drug-likeness (QED) is 0.808. The molecule has 2 nitrogen and oxygen atoms in total. The number of hydrogen-bond acceptors (Lipinski definition) is 2. The van der Waals surface area contributed by atoms with Crippen LogP contribution in [-0.4, -0.2) is 5.11 Å². The fraction of sp³-hybridized carbons (Fsp3) is 0.692. The normalized spacial score (nSPS) is 32.1. The van der Waals surface area contributed by atoms with E-state index in [-0.39, 0.29) is 0 Å². The molecule has 1 aliphatic carbocycles. The van der Waals surface area contributed by atoms with Gasteiger partial charge in [-0.15, -0.1) is 0 Å². The zero-order valence-electron chi connectivity index (χ0n) is 9.57. The SMILES string of the molecule is CC(C)C1CCCC(O)(c2ccco2)C1. The first-order valence-corrected chi connectivity index (χ1v) is 5.88. The summed E-state index contributed by atoms with van der Waals surface area (Å²) < 4.78 is 5.35. The summed E-state index contributed by atoms with van der Waals surface area (Å²) in [4.78, 5) is 0. The van der Waals surface area contributed by atoms with Crippen LogP contribution in [0.15, 0.2) is 22.8 Å². The van der Waals surface area contributed by atoms with E-state index in [4.69, 9.17) is 4.42 Å². The van der Waals surface area contributed by atoms with Crippen LogP contribution in [0.2, 0.25) is 0 Å². The molecule has 0 aliphatic heterocycles. The standard InChI is InChI=1S/C13H20O2/c1-10(2)11-5-3-7-13(14,9-11)12-6-4-8-15-12/h4,6,8,10-11,14H,3,5,7,9H2,1-2H3. The lowest BCUT2D eigenvalue weighted by molar-refractivity contribution is -0.0460. The monoisotopic (exact) mass is 208 g/mol. The van der Waals surface area contributed by atoms with Crippen LogP contribution in [0.25, 0.3) is 0 Å². The molecular formula is C13H20O2. The fourth-order valence-corrected chi connectivity index (χ4v) is 2.63. The van der Waals surface area contributed by atoms with Crippen molar-refractivity contribution in [3.05, 3.63) is 24.2 Å². The van der Waals surface area contributed by atoms with Crippen molar-refractivity contribution in [2.45, 2.75) is 45.1 Å². The van der Waals surface area contributed by atoms with E-state index in [0.717, 1.165) is 25.0 Å². The second-order valence-electron chi connectivity index (χ2n) is 5.11. The van der Waals surface area contributed by atoms with Gasteiger partial charge >= 0.3 is 0 Å². The van der Waals surface area contributed by atoms with Crippen LogP contribution in [0.5, 0.6) is 0 Å². The van der Waals surface area contributed by atoms with Gasteiger partial charge in [0.25, 0.3) is 0 Å². The molecule has 2 unspecified atom stereocenters. The molecule has 0 aromatic carbocycles. The molecule has 1 aromatic heterocycles. The molecule has 15 heavy (non-hydrogen) atoms. The zero-order chi connectivity index (χ0) is 10.9. The first kappa shape index (κ1) is 10.7. The smallest absolute Gasteiger partial charge is 0.135 e. The largest absolute Gasteiger partial charge is 0.466 e. The van der Waals surface area contributed by atoms with Gasteiger partial charge in [0.15, 0.2) is 0 Å². The molecule has 2 heteroatoms. The Labute approximate surface area is 91.3 Å². The van der Waals surface area contributed by atoms with Crippen LogP contribution in [0.1, 0.15) is 45.3 Å². The molecule has 0 bridgehead atoms. The van der Waals surface area contributed by atoms with Crippen molar-refractivity contribution in [3.8, 4) is 0 Å². The third-order valence-corrected chi connectivity index (χ3v) is 3.69. The minimum Gasteiger partial charge on any atom is -0.466 e. The number of aliphatic hydroxyl groups is 1. The molecule has 0 spiro atoms. The summed E-state index contributed by atoms with van der Waals surface area (Å²) >= 11 is 0. The minimum absolute atomic E-state index is 0.619. The third kappa shape index (κ3) is 2.10. The van der Waals surface area contributed by atoms with E-state index >= 15 is 0 Å². The molecule has 0 saturated heterocycles. The van der Waals surface area contributed by atoms with Crippen LogP contribution in [0.3, 0.4) is 0 Å². The highest BCUT2D eigenvalue weighted by atomic mass is 16.4. The predicted molar refractivity (Wildman–Crippen MR) is 59.4 cm³/mol. The molecule has 2 rings (SSSR count). The van der Waals surface area contributed by atoms with Crippen LogP contribution in [0, 0.1) is 11.8 Å². The molecule has 1 N–H and O–H groups in total. The van der Waals surface area contributed by atoms with Gasteiger partial charge in [0.05, 0.1) is 6.26 Å². The average molecular weight is 208 g/mol. The van der Waals surface area contributed by atoms with Crippen molar-refractivity contribution in [2.75, 3.05) is 0 Å². The highest BCUT2D eigenvalue weighted by Crippen LogP contribution is 2.42. The molecule has 1 fully saturated rings. The summed E-state index contributed by atoms with van der Waals surface area (Å²) in [7, 11) is 0. The minimum atomic E-state index is -0.712. The van der Waals surface area contributed by atoms with E-state index < -0.39 is 5.60 Å². The molecule has 1 aliphatic rings. The Morgan fingerprint density at radius 2 is 2.33 bits per heavy atom. The van der Waals surface area contributed by atoms with E-state index in [0.29, 0.717) is 11.8 Å². The van der Waals surface area contributed by atoms with E-state index in [9.17, 15) is 5.11 Å². The van der Waals surface area contributed by atoms with Gasteiger partial charge in [-0.1, -0.05) is 13.8 Å². The Bertz CT molecular complexity index is 302. The van der Waals surface area contributed by atoms with Crippen molar-refractivity contribution < 1.29 is 9.52 Å². The van der Waals surface area contributed by atoms with E-state index in [1.807, 2.05) is 12.1 Å². The van der Waals surface area contributed by atoms with Crippen LogP contribution >= 0.6 is 0 Å². The molecular weight excluding hydrogens is 188 g/mol. The topological polar surface area (TPSA) is 33.4 Å². The highest BCUT2D eigenvalue weighted by molar-refractivity contribution is 5.10. The number of hydrogen-bond donors (Lipinski definition) is 1. The lowest BCUT2D eigenvalue weighted by Gasteiger charge is -2.37. The molecule has 1 aromatic rings. The van der Waals surface area contributed by atoms with Gasteiger partial charge in [-0.05, 0) is 49.7 Å². The zero-order valence-corrected chi connectivity index (χ0v) is 9.57. The van der Waals surface area contributed by atoms with Gasteiger partial charge < -0.3 is 9.52 Å². The van der Waals surface area contributed by atoms with Gasteiger partial charge in [-0.2, -0.15) is 0 Å². The second kappa shape index (κ2) is 4.01. The first-order valence-electron chi connectivity index (χ1n) is 5.88. The Morgan fingerprint density at radius 1 is 1.53 bits per heavy atom. The average Bonchev–Trinajstić information content (AvgIpc) is 2.71. The van der Waals surface area contributed by atoms with Gasteiger partial charge in [-0.25, -0.2) is 0 Å². The predicted octanol–water partition coefficient (Wildman–Crippen LogP) is 3.31. The lowest BCUT2D eigenvalue weighted by Crippen LogP contribution is -2.34. The third-order valence-electron chi connectivity index (χ3n) is 3.69.